The molecule has 64 heavy (non-hydrogen) atoms. The Balaban J connectivity index is 1.35. The molecule has 0 aliphatic carbocycles. The molecule has 0 saturated heterocycles. The monoisotopic (exact) mass is 894 g/mol. The summed E-state index contributed by atoms with van der Waals surface area (Å²) in [6.07, 6.45) is 0. The highest BCUT2D eigenvalue weighted by atomic mass is 31.1. The van der Waals surface area contributed by atoms with Gasteiger partial charge in [0.05, 0.1) is 0 Å². The molecule has 0 fully saturated rings. The highest BCUT2D eigenvalue weighted by molar-refractivity contribution is 7.32. The van der Waals surface area contributed by atoms with Crippen molar-refractivity contribution in [3.8, 4) is 22.6 Å². The van der Waals surface area contributed by atoms with E-state index in [2.05, 4.69) is 159 Å². The number of benzene rings is 6. The Morgan fingerprint density at radius 2 is 0.578 bits per heavy atom. The largest absolute Gasteiger partial charge is 0.453 e. The van der Waals surface area contributed by atoms with Gasteiger partial charge in [-0.25, -0.2) is 0 Å². The van der Waals surface area contributed by atoms with Gasteiger partial charge in [0.25, 0.3) is 0 Å². The van der Waals surface area contributed by atoms with Gasteiger partial charge >= 0.3 is 16.5 Å². The van der Waals surface area contributed by atoms with Crippen LogP contribution in [-0.2, 0) is 21.7 Å². The fourth-order valence-corrected chi connectivity index (χ4v) is 10.9. The van der Waals surface area contributed by atoms with Crippen molar-refractivity contribution < 1.29 is 25.8 Å². The third-order valence-electron chi connectivity index (χ3n) is 11.8. The Bertz CT molecular complexity index is 2820. The Hall–Kier alpha value is -5.28. The molecule has 2 aromatic heterocycles. The van der Waals surface area contributed by atoms with E-state index < -0.39 is 16.5 Å². The minimum absolute atomic E-state index is 0.212. The molecule has 0 atom stereocenters. The molecule has 2 heterocycles. The average molecular weight is 895 g/mol. The van der Waals surface area contributed by atoms with Crippen molar-refractivity contribution in [3.63, 3.8) is 0 Å². The van der Waals surface area contributed by atoms with Crippen LogP contribution < -0.4 is 9.05 Å². The van der Waals surface area contributed by atoms with Crippen molar-refractivity contribution >= 4 is 60.4 Å². The van der Waals surface area contributed by atoms with E-state index in [9.17, 15) is 0 Å². The molecule has 0 bridgehead atoms. The lowest BCUT2D eigenvalue weighted by Crippen LogP contribution is -2.12. The summed E-state index contributed by atoms with van der Waals surface area (Å²) in [5.74, 6) is 1.20. The minimum Gasteiger partial charge on any atom is -0.390 e. The van der Waals surface area contributed by atoms with E-state index in [4.69, 9.17) is 25.8 Å². The molecule has 0 amide bonds. The molecule has 0 aliphatic heterocycles. The predicted octanol–water partition coefficient (Wildman–Crippen LogP) is 18.7. The number of aryl methyl sites for hydroxylation is 4. The minimum atomic E-state index is -2.01. The van der Waals surface area contributed by atoms with Gasteiger partial charge in [0, 0.05) is 54.9 Å². The van der Waals surface area contributed by atoms with Gasteiger partial charge in [-0.2, -0.15) is 0 Å². The van der Waals surface area contributed by atoms with Gasteiger partial charge in [-0.15, -0.1) is 0 Å². The number of para-hydroxylation sites is 2. The molecule has 6 aromatic carbocycles. The summed E-state index contributed by atoms with van der Waals surface area (Å²) in [6.45, 7) is 35.3. The molecule has 334 valence electrons. The molecular weight excluding hydrogens is 831 g/mol. The van der Waals surface area contributed by atoms with Crippen LogP contribution in [0.2, 0.25) is 0 Å². The number of hydrogen-bond acceptors (Lipinski definition) is 6. The van der Waals surface area contributed by atoms with Gasteiger partial charge in [-0.1, -0.05) is 144 Å². The molecule has 0 unspecified atom stereocenters. The highest BCUT2D eigenvalue weighted by Gasteiger charge is 2.28. The first-order chi connectivity index (χ1) is 29.9. The summed E-state index contributed by atoms with van der Waals surface area (Å²) in [7, 11) is -4.02. The Morgan fingerprint density at radius 1 is 0.344 bits per heavy atom. The second-order valence-electron chi connectivity index (χ2n) is 21.7. The summed E-state index contributed by atoms with van der Waals surface area (Å²) >= 11 is 0. The lowest BCUT2D eigenvalue weighted by atomic mass is 9.83. The SMILES string of the molecule is Cc1cc(C(C)(C)C)c2op(Oc3ccccc3-c3ccccc3Op3oc4c(C(C)(C)C)cc(C)cc4c4cc(C)cc(C(C)(C)C)c4o3)oc3c(C(C)(C)C)cc(C)cc3c2c1. The fourth-order valence-electron chi connectivity index (χ4n) is 8.62. The third kappa shape index (κ3) is 8.89. The first-order valence-electron chi connectivity index (χ1n) is 22.3. The van der Waals surface area contributed by atoms with E-state index in [-0.39, 0.29) is 21.7 Å². The second-order valence-corrected chi connectivity index (χ2v) is 23.7. The quantitative estimate of drug-likeness (QED) is 0.171. The van der Waals surface area contributed by atoms with Crippen LogP contribution >= 0.6 is 16.5 Å². The van der Waals surface area contributed by atoms with Gasteiger partial charge < -0.3 is 25.8 Å². The maximum atomic E-state index is 7.03. The lowest BCUT2D eigenvalue weighted by molar-refractivity contribution is 0.485. The van der Waals surface area contributed by atoms with Crippen LogP contribution in [0.15, 0.2) is 114 Å². The van der Waals surface area contributed by atoms with E-state index in [1.807, 2.05) is 48.5 Å². The predicted molar refractivity (Wildman–Crippen MR) is 270 cm³/mol. The van der Waals surface area contributed by atoms with Crippen molar-refractivity contribution in [2.75, 3.05) is 0 Å². The molecule has 6 nitrogen and oxygen atoms in total. The van der Waals surface area contributed by atoms with Gasteiger partial charge in [0.1, 0.15) is 33.8 Å². The molecule has 8 heteroatoms. The van der Waals surface area contributed by atoms with Gasteiger partial charge in [-0.3, -0.25) is 0 Å². The van der Waals surface area contributed by atoms with Crippen molar-refractivity contribution in [1.82, 2.24) is 0 Å². The lowest BCUT2D eigenvalue weighted by Gasteiger charge is -2.21. The summed E-state index contributed by atoms with van der Waals surface area (Å²) < 4.78 is 42.2. The zero-order valence-corrected chi connectivity index (χ0v) is 42.4. The summed E-state index contributed by atoms with van der Waals surface area (Å²) in [6, 6.07) is 33.8. The third-order valence-corrected chi connectivity index (χ3v) is 13.8. The van der Waals surface area contributed by atoms with Crippen molar-refractivity contribution in [2.24, 2.45) is 0 Å². The zero-order valence-electron chi connectivity index (χ0n) is 40.6. The van der Waals surface area contributed by atoms with E-state index in [0.29, 0.717) is 11.5 Å². The maximum Gasteiger partial charge on any atom is 0.453 e. The standard InChI is InChI=1S/C56H64O6P2/c1-33-25-39-40-26-34(2)30-44(54(8,9)10)50(40)60-63(59-49(39)43(29-33)53(5,6)7)57-47-23-19-17-21-37(47)38-22-18-20-24-48(38)58-64-61-51-41(27-35(3)31-45(51)55(11,12)13)42-28-36(4)32-46(52(42)62-64)56(14,15)16/h17-32H,1-16H3. The van der Waals surface area contributed by atoms with Crippen LogP contribution in [0, 0.1) is 27.7 Å². The molecule has 0 aliphatic rings. The molecule has 0 saturated carbocycles. The van der Waals surface area contributed by atoms with Crippen LogP contribution in [0.5, 0.6) is 11.5 Å². The van der Waals surface area contributed by atoms with Crippen LogP contribution in [-0.4, -0.2) is 0 Å². The second kappa shape index (κ2) is 16.3. The van der Waals surface area contributed by atoms with Crippen molar-refractivity contribution in [3.05, 3.63) is 142 Å². The Morgan fingerprint density at radius 3 is 0.812 bits per heavy atom. The number of rotatable bonds is 5. The van der Waals surface area contributed by atoms with Gasteiger partial charge in [-0.05, 0) is 108 Å². The molecule has 0 radical (unpaired) electrons. The summed E-state index contributed by atoms with van der Waals surface area (Å²) in [5, 5.41) is 4.05. The Labute approximate surface area is 381 Å². The molecule has 8 rings (SSSR count). The van der Waals surface area contributed by atoms with Crippen LogP contribution in [0.4, 0.5) is 0 Å². The summed E-state index contributed by atoms with van der Waals surface area (Å²) in [5.41, 5.74) is 13.0. The fraction of sp³-hybridized carbons (Fsp3) is 0.357. The molecule has 0 spiro atoms. The van der Waals surface area contributed by atoms with E-state index in [1.54, 1.807) is 0 Å². The first-order valence-corrected chi connectivity index (χ1v) is 24.5. The normalized spacial score (nSPS) is 12.7. The van der Waals surface area contributed by atoms with Crippen LogP contribution in [0.25, 0.3) is 55.0 Å². The average Bonchev–Trinajstić information content (AvgIpc) is 3.43. The van der Waals surface area contributed by atoms with Gasteiger partial charge in [0.15, 0.2) is 0 Å². The summed E-state index contributed by atoms with van der Waals surface area (Å²) in [4.78, 5) is 0. The number of hydrogen-bond donors (Lipinski definition) is 0. The molecular formula is C56H64O6P2. The number of fused-ring (bicyclic) bond motifs is 6. The van der Waals surface area contributed by atoms with Crippen LogP contribution in [0.3, 0.4) is 0 Å². The van der Waals surface area contributed by atoms with E-state index in [0.717, 1.165) is 99.5 Å². The van der Waals surface area contributed by atoms with Crippen LogP contribution in [0.1, 0.15) is 128 Å². The maximum absolute atomic E-state index is 7.03. The smallest absolute Gasteiger partial charge is 0.390 e. The van der Waals surface area contributed by atoms with E-state index in [1.165, 1.54) is 0 Å². The molecule has 0 N–H and O–H groups in total. The topological polar surface area (TPSA) is 71.0 Å². The van der Waals surface area contributed by atoms with E-state index >= 15 is 0 Å². The molecule has 8 aromatic rings. The van der Waals surface area contributed by atoms with Crippen molar-refractivity contribution in [2.45, 2.75) is 132 Å². The zero-order chi connectivity index (χ0) is 46.3. The van der Waals surface area contributed by atoms with Gasteiger partial charge in [0.2, 0.25) is 0 Å². The highest BCUT2D eigenvalue weighted by Crippen LogP contribution is 2.49. The Kier molecular flexibility index (Phi) is 11.5. The first kappa shape index (κ1) is 45.3. The van der Waals surface area contributed by atoms with Crippen molar-refractivity contribution in [1.29, 1.82) is 0 Å².